The van der Waals surface area contributed by atoms with Gasteiger partial charge in [0.1, 0.15) is 17.3 Å². The Bertz CT molecular complexity index is 622. The molecule has 2 rings (SSSR count). The molecule has 0 aliphatic heterocycles. The first-order valence-corrected chi connectivity index (χ1v) is 5.94. The Morgan fingerprint density at radius 3 is 2.84 bits per heavy atom. The first-order valence-electron chi connectivity index (χ1n) is 5.94. The largest absolute Gasteiger partial charge is 0.497 e. The van der Waals surface area contributed by atoms with Gasteiger partial charge in [-0.05, 0) is 24.6 Å². The first kappa shape index (κ1) is 13.2. The van der Waals surface area contributed by atoms with E-state index in [-0.39, 0.29) is 11.3 Å². The van der Waals surface area contributed by atoms with Gasteiger partial charge < -0.3 is 15.5 Å². The van der Waals surface area contributed by atoms with Crippen molar-refractivity contribution in [1.29, 1.82) is 0 Å². The minimum atomic E-state index is -0.429. The summed E-state index contributed by atoms with van der Waals surface area (Å²) >= 11 is 0. The molecule has 0 aliphatic rings. The number of H-pyrrole nitrogens is 1. The molecular weight excluding hydrogens is 244 g/mol. The summed E-state index contributed by atoms with van der Waals surface area (Å²) in [5, 5.41) is 7.85. The van der Waals surface area contributed by atoms with Crippen LogP contribution in [-0.4, -0.2) is 22.3 Å². The van der Waals surface area contributed by atoms with Crippen LogP contribution in [0.4, 0.5) is 0 Å². The maximum atomic E-state index is 11.7. The van der Waals surface area contributed by atoms with Crippen LogP contribution in [0.2, 0.25) is 0 Å². The average molecular weight is 260 g/mol. The second-order valence-corrected chi connectivity index (χ2v) is 4.30. The minimum Gasteiger partial charge on any atom is -0.497 e. The number of nitrogens with zero attached hydrogens (tertiary/aromatic N) is 2. The van der Waals surface area contributed by atoms with Crippen molar-refractivity contribution in [2.24, 2.45) is 5.73 Å². The molecule has 1 atom stereocenters. The third-order valence-electron chi connectivity index (χ3n) is 2.71. The van der Waals surface area contributed by atoms with Gasteiger partial charge in [0.25, 0.3) is 5.56 Å². The van der Waals surface area contributed by atoms with Crippen LogP contribution in [0.3, 0.4) is 0 Å². The number of nitrogens with two attached hydrogens (primary N) is 1. The van der Waals surface area contributed by atoms with Crippen LogP contribution in [0.15, 0.2) is 29.1 Å². The summed E-state index contributed by atoms with van der Waals surface area (Å²) in [4.78, 5) is 14.4. The fraction of sp³-hybridized carbons (Fsp3) is 0.308. The Hall–Kier alpha value is -2.21. The molecule has 3 N–H and O–H groups in total. The highest BCUT2D eigenvalue weighted by molar-refractivity contribution is 5.30. The van der Waals surface area contributed by atoms with Crippen LogP contribution >= 0.6 is 0 Å². The Morgan fingerprint density at radius 1 is 1.42 bits per heavy atom. The summed E-state index contributed by atoms with van der Waals surface area (Å²) in [5.41, 5.74) is 6.56. The van der Waals surface area contributed by atoms with Crippen molar-refractivity contribution >= 4 is 0 Å². The standard InChI is InChI=1S/C13H16N4O2/c1-8(14)12-13(18)15-11(16-17-12)7-9-4-3-5-10(6-9)19-2/h3-6,8H,7,14H2,1-2H3,(H,15,16,18). The summed E-state index contributed by atoms with van der Waals surface area (Å²) in [6.45, 7) is 1.70. The fourth-order valence-corrected chi connectivity index (χ4v) is 1.73. The van der Waals surface area contributed by atoms with Gasteiger partial charge in [-0.15, -0.1) is 10.2 Å². The van der Waals surface area contributed by atoms with E-state index in [2.05, 4.69) is 15.2 Å². The summed E-state index contributed by atoms with van der Waals surface area (Å²) in [6.07, 6.45) is 0.485. The number of ether oxygens (including phenoxy) is 1. The maximum Gasteiger partial charge on any atom is 0.274 e. The second kappa shape index (κ2) is 5.62. The molecule has 0 radical (unpaired) electrons. The summed E-state index contributed by atoms with van der Waals surface area (Å²) in [6, 6.07) is 7.14. The van der Waals surface area contributed by atoms with Crippen molar-refractivity contribution in [3.05, 3.63) is 51.7 Å². The van der Waals surface area contributed by atoms with E-state index in [0.717, 1.165) is 11.3 Å². The topological polar surface area (TPSA) is 93.9 Å². The van der Waals surface area contributed by atoms with Crippen LogP contribution < -0.4 is 16.0 Å². The highest BCUT2D eigenvalue weighted by Gasteiger charge is 2.09. The minimum absolute atomic E-state index is 0.245. The summed E-state index contributed by atoms with van der Waals surface area (Å²) in [7, 11) is 1.61. The fourth-order valence-electron chi connectivity index (χ4n) is 1.73. The normalized spacial score (nSPS) is 12.2. The molecule has 0 aliphatic carbocycles. The van der Waals surface area contributed by atoms with Gasteiger partial charge in [-0.25, -0.2) is 0 Å². The number of hydrogen-bond donors (Lipinski definition) is 2. The predicted octanol–water partition coefficient (Wildman–Crippen LogP) is 0.784. The number of aromatic nitrogens is 3. The SMILES string of the molecule is COc1cccc(Cc2nnc(C(C)N)c(=O)[nH]2)c1. The van der Waals surface area contributed by atoms with Crippen molar-refractivity contribution in [3.63, 3.8) is 0 Å². The van der Waals surface area contributed by atoms with Crippen molar-refractivity contribution in [3.8, 4) is 5.75 Å². The van der Waals surface area contributed by atoms with Crippen molar-refractivity contribution in [2.75, 3.05) is 7.11 Å². The van der Waals surface area contributed by atoms with E-state index >= 15 is 0 Å². The molecule has 1 aromatic heterocycles. The van der Waals surface area contributed by atoms with Gasteiger partial charge in [0.2, 0.25) is 0 Å². The second-order valence-electron chi connectivity index (χ2n) is 4.30. The van der Waals surface area contributed by atoms with Gasteiger partial charge in [0.15, 0.2) is 0 Å². The van der Waals surface area contributed by atoms with Crippen molar-refractivity contribution < 1.29 is 4.74 Å². The number of rotatable bonds is 4. The van der Waals surface area contributed by atoms with E-state index in [1.54, 1.807) is 14.0 Å². The van der Waals surface area contributed by atoms with Gasteiger partial charge in [0, 0.05) is 6.42 Å². The molecule has 6 heteroatoms. The van der Waals surface area contributed by atoms with Crippen LogP contribution in [0.25, 0.3) is 0 Å². The molecule has 1 aromatic carbocycles. The Labute approximate surface area is 110 Å². The molecule has 0 amide bonds. The van der Waals surface area contributed by atoms with E-state index in [1.165, 1.54) is 0 Å². The van der Waals surface area contributed by atoms with E-state index in [0.29, 0.717) is 12.2 Å². The number of hydrogen-bond acceptors (Lipinski definition) is 5. The molecule has 0 spiro atoms. The lowest BCUT2D eigenvalue weighted by molar-refractivity contribution is 0.414. The third-order valence-corrected chi connectivity index (χ3v) is 2.71. The van der Waals surface area contributed by atoms with Gasteiger partial charge in [-0.1, -0.05) is 12.1 Å². The van der Waals surface area contributed by atoms with Crippen molar-refractivity contribution in [1.82, 2.24) is 15.2 Å². The summed E-state index contributed by atoms with van der Waals surface area (Å²) < 4.78 is 5.14. The molecule has 2 aromatic rings. The number of aromatic amines is 1. The molecule has 1 unspecified atom stereocenters. The molecule has 100 valence electrons. The number of nitrogens with one attached hydrogen (secondary N) is 1. The smallest absolute Gasteiger partial charge is 0.274 e. The van der Waals surface area contributed by atoms with Crippen LogP contribution in [-0.2, 0) is 6.42 Å². The van der Waals surface area contributed by atoms with Crippen LogP contribution in [0, 0.1) is 0 Å². The Balaban J connectivity index is 2.24. The molecule has 0 bridgehead atoms. The maximum absolute atomic E-state index is 11.7. The molecular formula is C13H16N4O2. The van der Waals surface area contributed by atoms with Gasteiger partial charge in [0.05, 0.1) is 13.2 Å². The van der Waals surface area contributed by atoms with Crippen LogP contribution in [0.5, 0.6) is 5.75 Å². The monoisotopic (exact) mass is 260 g/mol. The molecule has 6 nitrogen and oxygen atoms in total. The Morgan fingerprint density at radius 2 is 2.21 bits per heavy atom. The average Bonchev–Trinajstić information content (AvgIpc) is 2.38. The molecule has 0 fully saturated rings. The lowest BCUT2D eigenvalue weighted by Gasteiger charge is -2.05. The van der Waals surface area contributed by atoms with E-state index in [4.69, 9.17) is 10.5 Å². The van der Waals surface area contributed by atoms with Gasteiger partial charge in [-0.3, -0.25) is 4.79 Å². The third kappa shape index (κ3) is 3.17. The summed E-state index contributed by atoms with van der Waals surface area (Å²) in [5.74, 6) is 1.27. The van der Waals surface area contributed by atoms with Crippen LogP contribution in [0.1, 0.15) is 30.0 Å². The highest BCUT2D eigenvalue weighted by Crippen LogP contribution is 2.14. The zero-order valence-corrected chi connectivity index (χ0v) is 10.9. The van der Waals surface area contributed by atoms with E-state index in [9.17, 15) is 4.79 Å². The van der Waals surface area contributed by atoms with Gasteiger partial charge >= 0.3 is 0 Å². The molecule has 1 heterocycles. The zero-order valence-electron chi connectivity index (χ0n) is 10.9. The van der Waals surface area contributed by atoms with E-state index in [1.807, 2.05) is 24.3 Å². The lowest BCUT2D eigenvalue weighted by Crippen LogP contribution is -2.24. The number of benzene rings is 1. The van der Waals surface area contributed by atoms with Crippen molar-refractivity contribution in [2.45, 2.75) is 19.4 Å². The Kier molecular flexibility index (Phi) is 3.91. The van der Waals surface area contributed by atoms with E-state index < -0.39 is 6.04 Å². The lowest BCUT2D eigenvalue weighted by atomic mass is 10.1. The molecule has 0 saturated carbocycles. The molecule has 19 heavy (non-hydrogen) atoms. The number of methoxy groups -OCH3 is 1. The van der Waals surface area contributed by atoms with Gasteiger partial charge in [-0.2, -0.15) is 0 Å². The zero-order chi connectivity index (χ0) is 13.8. The highest BCUT2D eigenvalue weighted by atomic mass is 16.5. The predicted molar refractivity (Wildman–Crippen MR) is 71.1 cm³/mol. The molecule has 0 saturated heterocycles. The first-order chi connectivity index (χ1) is 9.10. The quantitative estimate of drug-likeness (QED) is 0.847.